The first-order chi connectivity index (χ1) is 6.69. The average molecular weight is 216 g/mol. The molecule has 4 heteroatoms. The minimum absolute atomic E-state index is 0.413. The summed E-state index contributed by atoms with van der Waals surface area (Å²) >= 11 is 5.97. The van der Waals surface area contributed by atoms with E-state index in [9.17, 15) is 0 Å². The second kappa shape index (κ2) is 5.37. The largest absolute Gasteiger partial charge is 0.318 e. The first-order valence-corrected chi connectivity index (χ1v) is 5.42. The maximum absolute atomic E-state index is 5.97. The maximum Gasteiger partial charge on any atom is 0.0815 e. The van der Waals surface area contributed by atoms with E-state index < -0.39 is 0 Å². The van der Waals surface area contributed by atoms with Crippen molar-refractivity contribution >= 4 is 11.6 Å². The highest BCUT2D eigenvalue weighted by Gasteiger charge is 2.11. The monoisotopic (exact) mass is 215 g/mol. The fourth-order valence-corrected chi connectivity index (χ4v) is 1.68. The van der Waals surface area contributed by atoms with Crippen LogP contribution in [0.25, 0.3) is 0 Å². The summed E-state index contributed by atoms with van der Waals surface area (Å²) in [4.78, 5) is 0. The molecule has 0 amide bonds. The van der Waals surface area contributed by atoms with Gasteiger partial charge >= 0.3 is 0 Å². The Kier molecular flexibility index (Phi) is 4.42. The number of hydrogen-bond donors (Lipinski definition) is 1. The zero-order chi connectivity index (χ0) is 10.6. The first-order valence-electron chi connectivity index (χ1n) is 5.04. The number of likely N-dealkylation sites (N-methyl/N-ethyl adjacent to an activating group) is 1. The van der Waals surface area contributed by atoms with Gasteiger partial charge in [0.05, 0.1) is 16.8 Å². The summed E-state index contributed by atoms with van der Waals surface area (Å²) < 4.78 is 1.97. The van der Waals surface area contributed by atoms with Gasteiger partial charge in [-0.15, -0.1) is 0 Å². The molecule has 0 saturated carbocycles. The van der Waals surface area contributed by atoms with Crippen LogP contribution < -0.4 is 5.32 Å². The predicted molar refractivity (Wildman–Crippen MR) is 59.8 cm³/mol. The molecule has 1 heterocycles. The summed E-state index contributed by atoms with van der Waals surface area (Å²) in [5.74, 6) is 0. The van der Waals surface area contributed by atoms with E-state index in [1.54, 1.807) is 0 Å². The number of nitrogens with one attached hydrogen (secondary N) is 1. The molecular formula is C10H18ClN3. The molecule has 0 saturated heterocycles. The van der Waals surface area contributed by atoms with Crippen molar-refractivity contribution in [1.82, 2.24) is 15.1 Å². The van der Waals surface area contributed by atoms with E-state index in [1.807, 2.05) is 24.9 Å². The van der Waals surface area contributed by atoms with Crippen molar-refractivity contribution in [3.8, 4) is 0 Å². The van der Waals surface area contributed by atoms with Crippen LogP contribution in [0.15, 0.2) is 6.20 Å². The molecule has 0 aliphatic carbocycles. The highest BCUT2D eigenvalue weighted by molar-refractivity contribution is 6.31. The average Bonchev–Trinajstić information content (AvgIpc) is 2.47. The molecule has 0 radical (unpaired) electrons. The third-order valence-corrected chi connectivity index (χ3v) is 2.66. The van der Waals surface area contributed by atoms with E-state index >= 15 is 0 Å². The van der Waals surface area contributed by atoms with Crippen LogP contribution in [-0.4, -0.2) is 23.4 Å². The van der Waals surface area contributed by atoms with Crippen molar-refractivity contribution in [1.29, 1.82) is 0 Å². The number of aromatic nitrogens is 2. The molecule has 1 N–H and O–H groups in total. The standard InChI is InChI=1S/C10H18ClN3/c1-4-5-9(6-12-3)14-7-10(11)8(2)13-14/h7,9,12H,4-6H2,1-3H3. The summed E-state index contributed by atoms with van der Waals surface area (Å²) in [6.07, 6.45) is 4.19. The number of aryl methyl sites for hydroxylation is 1. The summed E-state index contributed by atoms with van der Waals surface area (Å²) in [7, 11) is 1.96. The van der Waals surface area contributed by atoms with E-state index in [1.165, 1.54) is 0 Å². The lowest BCUT2D eigenvalue weighted by atomic mass is 10.2. The summed E-state index contributed by atoms with van der Waals surface area (Å²) in [5.41, 5.74) is 0.906. The van der Waals surface area contributed by atoms with Gasteiger partial charge in [-0.05, 0) is 20.4 Å². The van der Waals surface area contributed by atoms with E-state index in [0.29, 0.717) is 6.04 Å². The van der Waals surface area contributed by atoms with Gasteiger partial charge in [-0.3, -0.25) is 4.68 Å². The van der Waals surface area contributed by atoms with Gasteiger partial charge in [-0.2, -0.15) is 5.10 Å². The SMILES string of the molecule is CCCC(CNC)n1cc(Cl)c(C)n1. The van der Waals surface area contributed by atoms with Crippen LogP contribution in [0, 0.1) is 6.92 Å². The van der Waals surface area contributed by atoms with Crippen LogP contribution >= 0.6 is 11.6 Å². The lowest BCUT2D eigenvalue weighted by Gasteiger charge is -2.15. The van der Waals surface area contributed by atoms with Gasteiger partial charge in [0.1, 0.15) is 0 Å². The molecule has 1 aromatic rings. The topological polar surface area (TPSA) is 29.9 Å². The number of nitrogens with zero attached hydrogens (tertiary/aromatic N) is 2. The van der Waals surface area contributed by atoms with Gasteiger partial charge in [0.15, 0.2) is 0 Å². The molecule has 3 nitrogen and oxygen atoms in total. The lowest BCUT2D eigenvalue weighted by Crippen LogP contribution is -2.22. The van der Waals surface area contributed by atoms with Crippen molar-refractivity contribution in [2.45, 2.75) is 32.7 Å². The molecule has 14 heavy (non-hydrogen) atoms. The molecular weight excluding hydrogens is 198 g/mol. The third-order valence-electron chi connectivity index (χ3n) is 2.29. The van der Waals surface area contributed by atoms with Crippen molar-refractivity contribution < 1.29 is 0 Å². The zero-order valence-corrected chi connectivity index (χ0v) is 9.80. The fraction of sp³-hybridized carbons (Fsp3) is 0.700. The van der Waals surface area contributed by atoms with Crippen LogP contribution in [0.3, 0.4) is 0 Å². The molecule has 0 aliphatic heterocycles. The Morgan fingerprint density at radius 3 is 2.79 bits per heavy atom. The highest BCUT2D eigenvalue weighted by atomic mass is 35.5. The number of halogens is 1. The van der Waals surface area contributed by atoms with Crippen LogP contribution in [0.4, 0.5) is 0 Å². The van der Waals surface area contributed by atoms with Crippen molar-refractivity contribution in [2.24, 2.45) is 0 Å². The molecule has 0 bridgehead atoms. The number of rotatable bonds is 5. The fourth-order valence-electron chi connectivity index (χ4n) is 1.54. The Balaban J connectivity index is 2.76. The van der Waals surface area contributed by atoms with E-state index in [0.717, 1.165) is 30.1 Å². The van der Waals surface area contributed by atoms with Gasteiger partial charge in [0.2, 0.25) is 0 Å². The molecule has 0 aliphatic rings. The van der Waals surface area contributed by atoms with Crippen molar-refractivity contribution in [2.75, 3.05) is 13.6 Å². The summed E-state index contributed by atoms with van der Waals surface area (Å²) in [5, 5.41) is 8.32. The van der Waals surface area contributed by atoms with Crippen LogP contribution in [0.1, 0.15) is 31.5 Å². The van der Waals surface area contributed by atoms with Crippen molar-refractivity contribution in [3.05, 3.63) is 16.9 Å². The van der Waals surface area contributed by atoms with Gasteiger partial charge < -0.3 is 5.32 Å². The minimum Gasteiger partial charge on any atom is -0.318 e. The Hall–Kier alpha value is -0.540. The summed E-state index contributed by atoms with van der Waals surface area (Å²) in [6.45, 7) is 5.05. The molecule has 80 valence electrons. The van der Waals surface area contributed by atoms with Gasteiger partial charge in [0.25, 0.3) is 0 Å². The smallest absolute Gasteiger partial charge is 0.0815 e. The first kappa shape index (κ1) is 11.5. The Morgan fingerprint density at radius 1 is 1.64 bits per heavy atom. The molecule has 0 aromatic carbocycles. The van der Waals surface area contributed by atoms with Crippen LogP contribution in [0.2, 0.25) is 5.02 Å². The molecule has 1 atom stereocenters. The van der Waals surface area contributed by atoms with E-state index in [2.05, 4.69) is 17.3 Å². The van der Waals surface area contributed by atoms with E-state index in [-0.39, 0.29) is 0 Å². The van der Waals surface area contributed by atoms with Gasteiger partial charge in [0, 0.05) is 12.7 Å². The predicted octanol–water partition coefficient (Wildman–Crippen LogP) is 2.41. The van der Waals surface area contributed by atoms with Crippen LogP contribution in [0.5, 0.6) is 0 Å². The summed E-state index contributed by atoms with van der Waals surface area (Å²) in [6, 6.07) is 0.413. The Morgan fingerprint density at radius 2 is 2.36 bits per heavy atom. The quantitative estimate of drug-likeness (QED) is 0.818. The number of hydrogen-bond acceptors (Lipinski definition) is 2. The Labute approximate surface area is 90.4 Å². The maximum atomic E-state index is 5.97. The van der Waals surface area contributed by atoms with Crippen molar-refractivity contribution in [3.63, 3.8) is 0 Å². The molecule has 0 fully saturated rings. The molecule has 1 aromatic heterocycles. The molecule has 1 rings (SSSR count). The second-order valence-electron chi connectivity index (χ2n) is 3.54. The lowest BCUT2D eigenvalue weighted by molar-refractivity contribution is 0.405. The molecule has 0 spiro atoms. The van der Waals surface area contributed by atoms with Gasteiger partial charge in [-0.25, -0.2) is 0 Å². The Bertz CT molecular complexity index is 257. The second-order valence-corrected chi connectivity index (χ2v) is 3.95. The minimum atomic E-state index is 0.413. The zero-order valence-electron chi connectivity index (χ0n) is 9.05. The van der Waals surface area contributed by atoms with E-state index in [4.69, 9.17) is 11.6 Å². The molecule has 1 unspecified atom stereocenters. The van der Waals surface area contributed by atoms with Crippen LogP contribution in [-0.2, 0) is 0 Å². The van der Waals surface area contributed by atoms with Gasteiger partial charge in [-0.1, -0.05) is 24.9 Å². The normalized spacial score (nSPS) is 13.1. The highest BCUT2D eigenvalue weighted by Crippen LogP contribution is 2.18. The third kappa shape index (κ3) is 2.72.